The Bertz CT molecular complexity index is 1130. The van der Waals surface area contributed by atoms with Crippen molar-refractivity contribution in [3.05, 3.63) is 46.2 Å². The number of hydrogen-bond acceptors (Lipinski definition) is 6. The molecule has 0 unspecified atom stereocenters. The van der Waals surface area contributed by atoms with Gasteiger partial charge >= 0.3 is 11.8 Å². The van der Waals surface area contributed by atoms with Crippen LogP contribution < -0.4 is 16.0 Å². The largest absolute Gasteiger partial charge is 0.441 e. The van der Waals surface area contributed by atoms with Gasteiger partial charge in [-0.2, -0.15) is 0 Å². The maximum Gasteiger partial charge on any atom is 0.417 e. The van der Waals surface area contributed by atoms with Gasteiger partial charge in [-0.05, 0) is 17.7 Å². The van der Waals surface area contributed by atoms with Crippen molar-refractivity contribution in [3.8, 4) is 11.1 Å². The zero-order valence-electron chi connectivity index (χ0n) is 14.8. The van der Waals surface area contributed by atoms with Crippen LogP contribution in [0, 0.1) is 0 Å². The molecule has 0 saturated carbocycles. The van der Waals surface area contributed by atoms with Crippen molar-refractivity contribution < 1.29 is 13.9 Å². The quantitative estimate of drug-likeness (QED) is 0.686. The van der Waals surface area contributed by atoms with Gasteiger partial charge in [-0.3, -0.25) is 9.97 Å². The summed E-state index contributed by atoms with van der Waals surface area (Å²) in [5, 5.41) is 3.30. The van der Waals surface area contributed by atoms with Crippen molar-refractivity contribution in [1.29, 1.82) is 0 Å². The van der Waals surface area contributed by atoms with Crippen LogP contribution in [0.2, 0.25) is 5.02 Å². The number of fused-ring (bicyclic) bond motifs is 1. The Hall–Kier alpha value is -3.00. The van der Waals surface area contributed by atoms with E-state index in [0.29, 0.717) is 35.8 Å². The fourth-order valence-corrected chi connectivity index (χ4v) is 4.28. The molecule has 0 bridgehead atoms. The van der Waals surface area contributed by atoms with Crippen LogP contribution in [-0.2, 0) is 4.74 Å². The standard InChI is InChI=1S/C19H17ClN4O4/c20-13-9-21-8-12(11-1-2-15-14(7-11)23-18(26)27-15)16(13)24-5-3-19(4-6-24)10-22-17(25)28-19/h1-2,7-9H,3-6,10H2,(H,22,25)(H,23,26). The number of anilines is 1. The third kappa shape index (κ3) is 2.80. The minimum Gasteiger partial charge on any atom is -0.441 e. The Morgan fingerprint density at radius 2 is 2.00 bits per heavy atom. The van der Waals surface area contributed by atoms with Gasteiger partial charge in [-0.25, -0.2) is 9.59 Å². The van der Waals surface area contributed by atoms with E-state index < -0.39 is 11.4 Å². The summed E-state index contributed by atoms with van der Waals surface area (Å²) in [6.07, 6.45) is 4.48. The van der Waals surface area contributed by atoms with E-state index in [1.807, 2.05) is 12.1 Å². The first kappa shape index (κ1) is 17.1. The van der Waals surface area contributed by atoms with Crippen LogP contribution in [0.25, 0.3) is 22.2 Å². The highest BCUT2D eigenvalue weighted by Crippen LogP contribution is 2.40. The Morgan fingerprint density at radius 1 is 1.18 bits per heavy atom. The van der Waals surface area contributed by atoms with E-state index in [4.69, 9.17) is 20.8 Å². The maximum absolute atomic E-state index is 11.5. The topological polar surface area (TPSA) is 100 Å². The highest BCUT2D eigenvalue weighted by atomic mass is 35.5. The van der Waals surface area contributed by atoms with Gasteiger partial charge in [0.15, 0.2) is 5.58 Å². The number of aromatic nitrogens is 2. The number of piperidine rings is 1. The van der Waals surface area contributed by atoms with Crippen molar-refractivity contribution in [2.45, 2.75) is 18.4 Å². The number of hydrogen-bond donors (Lipinski definition) is 2. The molecular weight excluding hydrogens is 384 g/mol. The van der Waals surface area contributed by atoms with Gasteiger partial charge < -0.3 is 19.4 Å². The lowest BCUT2D eigenvalue weighted by atomic mass is 9.91. The summed E-state index contributed by atoms with van der Waals surface area (Å²) < 4.78 is 10.6. The highest BCUT2D eigenvalue weighted by molar-refractivity contribution is 6.33. The molecule has 2 fully saturated rings. The summed E-state index contributed by atoms with van der Waals surface area (Å²) in [5.74, 6) is -0.488. The van der Waals surface area contributed by atoms with Gasteiger partial charge in [0.25, 0.3) is 0 Å². The molecule has 1 aromatic carbocycles. The minimum absolute atomic E-state index is 0.349. The molecule has 2 saturated heterocycles. The molecule has 1 spiro atoms. The number of carbonyl (C=O) groups is 1. The summed E-state index contributed by atoms with van der Waals surface area (Å²) >= 11 is 6.53. The van der Waals surface area contributed by atoms with Gasteiger partial charge in [0, 0.05) is 43.9 Å². The number of H-pyrrole nitrogens is 1. The molecule has 5 rings (SSSR count). The Kier molecular flexibility index (Phi) is 3.83. The predicted molar refractivity (Wildman–Crippen MR) is 104 cm³/mol. The Labute approximate surface area is 164 Å². The number of alkyl carbamates (subject to hydrolysis) is 1. The number of nitrogens with one attached hydrogen (secondary N) is 2. The second-order valence-electron chi connectivity index (χ2n) is 7.16. The second kappa shape index (κ2) is 6.27. The molecule has 2 N–H and O–H groups in total. The van der Waals surface area contributed by atoms with Gasteiger partial charge in [-0.15, -0.1) is 0 Å². The van der Waals surface area contributed by atoms with E-state index in [9.17, 15) is 9.59 Å². The fourth-order valence-electron chi connectivity index (χ4n) is 4.00. The highest BCUT2D eigenvalue weighted by Gasteiger charge is 2.43. The van der Waals surface area contributed by atoms with E-state index in [1.165, 1.54) is 0 Å². The number of aromatic amines is 1. The number of pyridine rings is 1. The van der Waals surface area contributed by atoms with Crippen molar-refractivity contribution in [3.63, 3.8) is 0 Å². The number of amides is 1. The zero-order valence-corrected chi connectivity index (χ0v) is 15.6. The molecule has 0 atom stereocenters. The number of benzene rings is 1. The smallest absolute Gasteiger partial charge is 0.417 e. The van der Waals surface area contributed by atoms with Crippen LogP contribution in [0.5, 0.6) is 0 Å². The molecule has 1 amide bonds. The summed E-state index contributed by atoms with van der Waals surface area (Å²) in [6.45, 7) is 1.95. The summed E-state index contributed by atoms with van der Waals surface area (Å²) in [5.41, 5.74) is 3.32. The molecule has 8 nitrogen and oxygen atoms in total. The molecular formula is C19H17ClN4O4. The first-order chi connectivity index (χ1) is 13.5. The van der Waals surface area contributed by atoms with Gasteiger partial charge in [0.2, 0.25) is 0 Å². The molecule has 28 heavy (non-hydrogen) atoms. The Morgan fingerprint density at radius 3 is 2.75 bits per heavy atom. The van der Waals surface area contributed by atoms with Crippen LogP contribution in [-0.4, -0.2) is 41.3 Å². The van der Waals surface area contributed by atoms with E-state index in [1.54, 1.807) is 18.5 Å². The number of rotatable bonds is 2. The van der Waals surface area contributed by atoms with Crippen molar-refractivity contribution in [1.82, 2.24) is 15.3 Å². The average Bonchev–Trinajstić information content (AvgIpc) is 3.23. The van der Waals surface area contributed by atoms with Crippen LogP contribution in [0.15, 0.2) is 39.8 Å². The molecule has 2 aromatic heterocycles. The summed E-state index contributed by atoms with van der Waals surface area (Å²) in [7, 11) is 0. The average molecular weight is 401 g/mol. The third-order valence-electron chi connectivity index (χ3n) is 5.46. The number of halogens is 1. The molecule has 2 aliphatic heterocycles. The maximum atomic E-state index is 11.5. The van der Waals surface area contributed by atoms with E-state index in [-0.39, 0.29) is 6.09 Å². The SMILES string of the molecule is O=C1NCC2(CCN(c3c(Cl)cncc3-c3ccc4oc(=O)[nH]c4c3)CC2)O1. The molecule has 144 valence electrons. The zero-order chi connectivity index (χ0) is 19.3. The second-order valence-corrected chi connectivity index (χ2v) is 7.56. The summed E-state index contributed by atoms with van der Waals surface area (Å²) in [6, 6.07) is 5.48. The third-order valence-corrected chi connectivity index (χ3v) is 5.73. The number of oxazole rings is 1. The fraction of sp³-hybridized carbons (Fsp3) is 0.316. The molecule has 9 heteroatoms. The number of carbonyl (C=O) groups excluding carboxylic acids is 1. The lowest BCUT2D eigenvalue weighted by Crippen LogP contribution is -2.46. The lowest BCUT2D eigenvalue weighted by Gasteiger charge is -2.39. The van der Waals surface area contributed by atoms with Crippen molar-refractivity contribution >= 4 is 34.5 Å². The van der Waals surface area contributed by atoms with Gasteiger partial charge in [-0.1, -0.05) is 17.7 Å². The van der Waals surface area contributed by atoms with E-state index in [0.717, 1.165) is 29.7 Å². The molecule has 4 heterocycles. The minimum atomic E-state index is -0.488. The van der Waals surface area contributed by atoms with Crippen LogP contribution in [0.1, 0.15) is 12.8 Å². The first-order valence-electron chi connectivity index (χ1n) is 9.02. The number of nitrogens with zero attached hydrogens (tertiary/aromatic N) is 2. The van der Waals surface area contributed by atoms with Crippen molar-refractivity contribution in [2.24, 2.45) is 0 Å². The van der Waals surface area contributed by atoms with Crippen LogP contribution in [0.3, 0.4) is 0 Å². The van der Waals surface area contributed by atoms with E-state index >= 15 is 0 Å². The predicted octanol–water partition coefficient (Wildman–Crippen LogP) is 2.92. The molecule has 0 aliphatic carbocycles. The Balaban J connectivity index is 1.50. The summed E-state index contributed by atoms with van der Waals surface area (Å²) in [4.78, 5) is 32.0. The number of ether oxygens (including phenoxy) is 1. The van der Waals surface area contributed by atoms with Crippen LogP contribution in [0.4, 0.5) is 10.5 Å². The normalized spacial score (nSPS) is 18.5. The molecule has 2 aliphatic rings. The van der Waals surface area contributed by atoms with Gasteiger partial charge in [0.1, 0.15) is 5.60 Å². The first-order valence-corrected chi connectivity index (χ1v) is 9.39. The molecule has 3 aromatic rings. The molecule has 0 radical (unpaired) electrons. The lowest BCUT2D eigenvalue weighted by molar-refractivity contribution is 0.0367. The monoisotopic (exact) mass is 400 g/mol. The van der Waals surface area contributed by atoms with Gasteiger partial charge in [0.05, 0.1) is 22.8 Å². The van der Waals surface area contributed by atoms with Crippen molar-refractivity contribution in [2.75, 3.05) is 24.5 Å². The van der Waals surface area contributed by atoms with Crippen LogP contribution >= 0.6 is 11.6 Å². The van der Waals surface area contributed by atoms with E-state index in [2.05, 4.69) is 20.2 Å².